The number of carbonyl (C=O) groups is 1. The Hall–Kier alpha value is -2.30. The van der Waals surface area contributed by atoms with Crippen molar-refractivity contribution in [2.75, 3.05) is 7.11 Å². The van der Waals surface area contributed by atoms with E-state index in [-0.39, 0.29) is 11.6 Å². The van der Waals surface area contributed by atoms with Crippen LogP contribution in [-0.2, 0) is 0 Å². The lowest BCUT2D eigenvalue weighted by molar-refractivity contribution is 0.0690. The summed E-state index contributed by atoms with van der Waals surface area (Å²) >= 11 is 0. The monoisotopic (exact) mass is 260 g/mol. The Kier molecular flexibility index (Phi) is 3.55. The molecule has 0 amide bonds. The van der Waals surface area contributed by atoms with Gasteiger partial charge in [0.15, 0.2) is 5.69 Å². The summed E-state index contributed by atoms with van der Waals surface area (Å²) in [5, 5.41) is 13.2. The fourth-order valence-corrected chi connectivity index (χ4v) is 1.91. The van der Waals surface area contributed by atoms with E-state index in [2.05, 4.69) is 5.10 Å². The standard InChI is InChI=1S/C14H16N2O3/c1-9(2)12-8-10(14(17)18)15-16(12)11-6-4-5-7-13(11)19-3/h4-9H,1-3H3,(H,17,18). The molecule has 2 rings (SSSR count). The number of nitrogens with zero attached hydrogens (tertiary/aromatic N) is 2. The van der Waals surface area contributed by atoms with Crippen LogP contribution in [0.15, 0.2) is 30.3 Å². The van der Waals surface area contributed by atoms with E-state index in [0.29, 0.717) is 5.75 Å². The van der Waals surface area contributed by atoms with Gasteiger partial charge in [-0.3, -0.25) is 0 Å². The Morgan fingerprint density at radius 1 is 1.37 bits per heavy atom. The molecule has 1 aromatic heterocycles. The van der Waals surface area contributed by atoms with Gasteiger partial charge in [0, 0.05) is 5.69 Å². The molecule has 5 heteroatoms. The van der Waals surface area contributed by atoms with Crippen LogP contribution in [-0.4, -0.2) is 28.0 Å². The van der Waals surface area contributed by atoms with Gasteiger partial charge in [-0.1, -0.05) is 26.0 Å². The van der Waals surface area contributed by atoms with E-state index in [1.807, 2.05) is 38.1 Å². The number of benzene rings is 1. The number of aromatic nitrogens is 2. The Labute approximate surface area is 111 Å². The molecule has 0 aliphatic carbocycles. The number of rotatable bonds is 4. The van der Waals surface area contributed by atoms with E-state index in [9.17, 15) is 4.79 Å². The molecular formula is C14H16N2O3. The molecule has 0 atom stereocenters. The summed E-state index contributed by atoms with van der Waals surface area (Å²) in [6, 6.07) is 8.99. The highest BCUT2D eigenvalue weighted by Crippen LogP contribution is 2.26. The van der Waals surface area contributed by atoms with Crippen LogP contribution < -0.4 is 4.74 Å². The van der Waals surface area contributed by atoms with Gasteiger partial charge in [-0.25, -0.2) is 9.48 Å². The molecule has 0 bridgehead atoms. The molecule has 0 spiro atoms. The lowest BCUT2D eigenvalue weighted by atomic mass is 10.1. The van der Waals surface area contributed by atoms with Crippen molar-refractivity contribution in [2.45, 2.75) is 19.8 Å². The molecule has 0 aliphatic heterocycles. The summed E-state index contributed by atoms with van der Waals surface area (Å²) in [5.41, 5.74) is 1.61. The summed E-state index contributed by atoms with van der Waals surface area (Å²) in [5.74, 6) is -0.217. The van der Waals surface area contributed by atoms with Crippen molar-refractivity contribution in [3.63, 3.8) is 0 Å². The largest absolute Gasteiger partial charge is 0.494 e. The number of hydrogen-bond acceptors (Lipinski definition) is 3. The first-order chi connectivity index (χ1) is 9.04. The first-order valence-electron chi connectivity index (χ1n) is 6.01. The second-order valence-electron chi connectivity index (χ2n) is 4.50. The van der Waals surface area contributed by atoms with Gasteiger partial charge >= 0.3 is 5.97 Å². The van der Waals surface area contributed by atoms with Crippen molar-refractivity contribution < 1.29 is 14.6 Å². The first-order valence-corrected chi connectivity index (χ1v) is 6.01. The maximum Gasteiger partial charge on any atom is 0.356 e. The molecule has 0 fully saturated rings. The zero-order valence-corrected chi connectivity index (χ0v) is 11.1. The third kappa shape index (κ3) is 2.45. The fraction of sp³-hybridized carbons (Fsp3) is 0.286. The third-order valence-electron chi connectivity index (χ3n) is 2.86. The van der Waals surface area contributed by atoms with Crippen LogP contribution in [0.4, 0.5) is 0 Å². The highest BCUT2D eigenvalue weighted by molar-refractivity contribution is 5.85. The number of aromatic carboxylic acids is 1. The molecule has 0 saturated heterocycles. The minimum absolute atomic E-state index is 0.0367. The van der Waals surface area contributed by atoms with Gasteiger partial charge < -0.3 is 9.84 Å². The van der Waals surface area contributed by atoms with Crippen LogP contribution in [0.2, 0.25) is 0 Å². The van der Waals surface area contributed by atoms with Crippen molar-refractivity contribution in [1.82, 2.24) is 9.78 Å². The molecule has 100 valence electrons. The van der Waals surface area contributed by atoms with E-state index in [1.165, 1.54) is 0 Å². The average Bonchev–Trinajstić information content (AvgIpc) is 2.83. The number of carboxylic acid groups (broad SMARTS) is 1. The van der Waals surface area contributed by atoms with Crippen LogP contribution in [0.3, 0.4) is 0 Å². The number of methoxy groups -OCH3 is 1. The highest BCUT2D eigenvalue weighted by atomic mass is 16.5. The zero-order chi connectivity index (χ0) is 14.0. The second-order valence-corrected chi connectivity index (χ2v) is 4.50. The van der Waals surface area contributed by atoms with E-state index in [0.717, 1.165) is 11.4 Å². The molecule has 5 nitrogen and oxygen atoms in total. The molecule has 2 aromatic rings. The Balaban J connectivity index is 2.63. The molecule has 19 heavy (non-hydrogen) atoms. The summed E-state index contributed by atoms with van der Waals surface area (Å²) in [4.78, 5) is 11.1. The van der Waals surface area contributed by atoms with Gasteiger partial charge in [0.05, 0.1) is 7.11 Å². The average molecular weight is 260 g/mol. The number of hydrogen-bond donors (Lipinski definition) is 1. The predicted octanol–water partition coefficient (Wildman–Crippen LogP) is 2.70. The van der Waals surface area contributed by atoms with Gasteiger partial charge in [-0.05, 0) is 24.1 Å². The molecule has 0 aliphatic rings. The van der Waals surface area contributed by atoms with Gasteiger partial charge in [0.1, 0.15) is 11.4 Å². The van der Waals surface area contributed by atoms with E-state index >= 15 is 0 Å². The normalized spacial score (nSPS) is 10.7. The van der Waals surface area contributed by atoms with E-state index in [4.69, 9.17) is 9.84 Å². The van der Waals surface area contributed by atoms with Gasteiger partial charge in [-0.15, -0.1) is 0 Å². The van der Waals surface area contributed by atoms with Crippen molar-refractivity contribution in [3.05, 3.63) is 41.7 Å². The number of ether oxygens (including phenoxy) is 1. The lowest BCUT2D eigenvalue weighted by Gasteiger charge is -2.13. The quantitative estimate of drug-likeness (QED) is 0.918. The fourth-order valence-electron chi connectivity index (χ4n) is 1.91. The van der Waals surface area contributed by atoms with Crippen LogP contribution in [0.25, 0.3) is 5.69 Å². The maximum atomic E-state index is 11.1. The molecule has 1 aromatic carbocycles. The molecule has 1 heterocycles. The summed E-state index contributed by atoms with van der Waals surface area (Å²) in [6.45, 7) is 3.99. The lowest BCUT2D eigenvalue weighted by Crippen LogP contribution is -2.06. The smallest absolute Gasteiger partial charge is 0.356 e. The molecule has 0 unspecified atom stereocenters. The van der Waals surface area contributed by atoms with E-state index < -0.39 is 5.97 Å². The Morgan fingerprint density at radius 3 is 2.63 bits per heavy atom. The van der Waals surface area contributed by atoms with Crippen molar-refractivity contribution in [2.24, 2.45) is 0 Å². The molecule has 1 N–H and O–H groups in total. The maximum absolute atomic E-state index is 11.1. The van der Waals surface area contributed by atoms with Crippen LogP contribution in [0.1, 0.15) is 35.9 Å². The van der Waals surface area contributed by atoms with Gasteiger partial charge in [-0.2, -0.15) is 5.10 Å². The minimum Gasteiger partial charge on any atom is -0.494 e. The summed E-state index contributed by atoms with van der Waals surface area (Å²) in [6.07, 6.45) is 0. The van der Waals surface area contributed by atoms with Crippen LogP contribution in [0.5, 0.6) is 5.75 Å². The van der Waals surface area contributed by atoms with Crippen molar-refractivity contribution in [3.8, 4) is 11.4 Å². The Bertz CT molecular complexity index is 602. The third-order valence-corrected chi connectivity index (χ3v) is 2.86. The minimum atomic E-state index is -1.03. The highest BCUT2D eigenvalue weighted by Gasteiger charge is 2.18. The van der Waals surface area contributed by atoms with Crippen LogP contribution >= 0.6 is 0 Å². The van der Waals surface area contributed by atoms with E-state index in [1.54, 1.807) is 17.9 Å². The van der Waals surface area contributed by atoms with Crippen molar-refractivity contribution >= 4 is 5.97 Å². The summed E-state index contributed by atoms with van der Waals surface area (Å²) in [7, 11) is 1.58. The SMILES string of the molecule is COc1ccccc1-n1nc(C(=O)O)cc1C(C)C. The van der Waals surface area contributed by atoms with Crippen LogP contribution in [0, 0.1) is 0 Å². The van der Waals surface area contributed by atoms with Crippen molar-refractivity contribution in [1.29, 1.82) is 0 Å². The zero-order valence-electron chi connectivity index (χ0n) is 11.1. The van der Waals surface area contributed by atoms with Gasteiger partial charge in [0.2, 0.25) is 0 Å². The predicted molar refractivity (Wildman–Crippen MR) is 71.2 cm³/mol. The summed E-state index contributed by atoms with van der Waals surface area (Å²) < 4.78 is 6.93. The topological polar surface area (TPSA) is 64.4 Å². The number of para-hydroxylation sites is 2. The van der Waals surface area contributed by atoms with Gasteiger partial charge in [0.25, 0.3) is 0 Å². The Morgan fingerprint density at radius 2 is 2.05 bits per heavy atom. The second kappa shape index (κ2) is 5.14. The molecular weight excluding hydrogens is 244 g/mol. The number of carboxylic acids is 1. The molecule has 0 saturated carbocycles. The molecule has 0 radical (unpaired) electrons. The first kappa shape index (κ1) is 13.1.